The predicted molar refractivity (Wildman–Crippen MR) is 325 cm³/mol. The van der Waals surface area contributed by atoms with Crippen molar-refractivity contribution >= 4 is 22.6 Å². The van der Waals surface area contributed by atoms with Crippen LogP contribution in [0.15, 0.2) is 182 Å². The van der Waals surface area contributed by atoms with Crippen molar-refractivity contribution in [3.63, 3.8) is 0 Å². The number of hydrogen-bond donors (Lipinski definition) is 0. The molecule has 8 aromatic carbocycles. The number of fused-ring (bicyclic) bond motifs is 18. The van der Waals surface area contributed by atoms with Gasteiger partial charge in [-0.15, -0.1) is 0 Å². The molecule has 2 saturated carbocycles. The van der Waals surface area contributed by atoms with Gasteiger partial charge in [0.1, 0.15) is 11.5 Å². The number of allylic oxidation sites excluding steroid dienone is 4. The quantitative estimate of drug-likeness (QED) is 0.170. The fourth-order valence-electron chi connectivity index (χ4n) is 16.0. The fraction of sp³-hybridized carbons (Fsp3) is 0.316. The summed E-state index contributed by atoms with van der Waals surface area (Å²) in [6.07, 6.45) is 19.9. The van der Waals surface area contributed by atoms with Crippen LogP contribution in [0.3, 0.4) is 0 Å². The number of ether oxygens (including phenoxy) is 1. The van der Waals surface area contributed by atoms with E-state index in [-0.39, 0.29) is 10.8 Å². The number of anilines is 3. The first-order chi connectivity index (χ1) is 37.9. The molecule has 2 fully saturated rings. The Morgan fingerprint density at radius 2 is 0.897 bits per heavy atom. The van der Waals surface area contributed by atoms with E-state index in [4.69, 9.17) is 4.74 Å². The first-order valence-electron chi connectivity index (χ1n) is 29.8. The molecule has 0 bridgehead atoms. The van der Waals surface area contributed by atoms with E-state index in [2.05, 4.69) is 222 Å². The van der Waals surface area contributed by atoms with Gasteiger partial charge >= 0.3 is 0 Å². The Morgan fingerprint density at radius 3 is 1.46 bits per heavy atom. The summed E-state index contributed by atoms with van der Waals surface area (Å²) < 4.78 is 7.21. The van der Waals surface area contributed by atoms with Crippen molar-refractivity contribution < 1.29 is 4.74 Å². The third kappa shape index (κ3) is 6.99. The standard InChI is InChI=1S/C76H73NO/c1-73(2,3)52-32-36-59-60-37-33-53(74(4,5)6)45-66(60)75(65(59)44-52)63-28-18-16-26-57(63)61-38-34-55(46-67(61)75)77(54-24-14-9-15-25-54)56-35-39-62-58-27-17-19-29-64(58)76(68(62)47-56)69-42-50(48-20-10-7-11-21-48)30-40-71(69)78-72-41-31-51(43-70(72)76)49-22-12-8-13-23-49/h9,14-15,17-19,24-25,27-49H,7-8,10-13,16,20-23,26H2,1-6H3. The van der Waals surface area contributed by atoms with Crippen LogP contribution in [-0.2, 0) is 21.7 Å². The third-order valence-corrected chi connectivity index (χ3v) is 19.9. The maximum Gasteiger partial charge on any atom is 0.132 e. The summed E-state index contributed by atoms with van der Waals surface area (Å²) in [5.41, 5.74) is 27.3. The zero-order valence-corrected chi connectivity index (χ0v) is 46.7. The van der Waals surface area contributed by atoms with Crippen molar-refractivity contribution in [3.8, 4) is 33.8 Å². The largest absolute Gasteiger partial charge is 0.457 e. The molecule has 6 aliphatic carbocycles. The zero-order valence-electron chi connectivity index (χ0n) is 46.7. The van der Waals surface area contributed by atoms with Gasteiger partial charge in [-0.3, -0.25) is 0 Å². The normalized spacial score (nSPS) is 18.4. The van der Waals surface area contributed by atoms with Gasteiger partial charge in [0, 0.05) is 28.2 Å². The molecule has 78 heavy (non-hydrogen) atoms. The predicted octanol–water partition coefficient (Wildman–Crippen LogP) is 20.7. The van der Waals surface area contributed by atoms with E-state index >= 15 is 0 Å². The zero-order chi connectivity index (χ0) is 52.7. The molecule has 15 rings (SSSR count). The molecule has 2 nitrogen and oxygen atoms in total. The number of hydrogen-bond acceptors (Lipinski definition) is 2. The highest BCUT2D eigenvalue weighted by atomic mass is 16.5. The molecule has 8 aromatic rings. The van der Waals surface area contributed by atoms with E-state index in [1.807, 2.05) is 0 Å². The highest BCUT2D eigenvalue weighted by Gasteiger charge is 2.55. The first kappa shape index (κ1) is 48.0. The van der Waals surface area contributed by atoms with E-state index in [1.54, 1.807) is 0 Å². The first-order valence-corrected chi connectivity index (χ1v) is 29.8. The Bertz CT molecular complexity index is 3690. The van der Waals surface area contributed by atoms with Gasteiger partial charge in [-0.1, -0.05) is 207 Å². The number of nitrogens with zero attached hydrogens (tertiary/aromatic N) is 1. The van der Waals surface area contributed by atoms with Crippen LogP contribution < -0.4 is 9.64 Å². The van der Waals surface area contributed by atoms with Crippen LogP contribution in [0.5, 0.6) is 11.5 Å². The summed E-state index contributed by atoms with van der Waals surface area (Å²) in [5.74, 6) is 3.09. The van der Waals surface area contributed by atoms with E-state index in [0.29, 0.717) is 11.8 Å². The highest BCUT2D eigenvalue weighted by Crippen LogP contribution is 2.66. The molecule has 0 atom stereocenters. The van der Waals surface area contributed by atoms with Crippen LogP contribution in [0.2, 0.25) is 0 Å². The number of benzene rings is 8. The Labute approximate surface area is 464 Å². The molecule has 2 heteroatoms. The van der Waals surface area contributed by atoms with Crippen molar-refractivity contribution in [1.82, 2.24) is 0 Å². The molecular formula is C76H73NO. The molecule has 0 saturated heterocycles. The second kappa shape index (κ2) is 17.7. The second-order valence-corrected chi connectivity index (χ2v) is 26.3. The molecular weight excluding hydrogens is 943 g/mol. The van der Waals surface area contributed by atoms with E-state index in [0.717, 1.165) is 35.7 Å². The summed E-state index contributed by atoms with van der Waals surface area (Å²) in [7, 11) is 0. The second-order valence-electron chi connectivity index (χ2n) is 26.3. The summed E-state index contributed by atoms with van der Waals surface area (Å²) in [6, 6.07) is 65.2. The van der Waals surface area contributed by atoms with E-state index in [9.17, 15) is 0 Å². The van der Waals surface area contributed by atoms with Gasteiger partial charge in [0.2, 0.25) is 0 Å². The maximum absolute atomic E-state index is 7.21. The highest BCUT2D eigenvalue weighted by molar-refractivity contribution is 5.98. The molecule has 2 spiro atoms. The molecule has 0 radical (unpaired) electrons. The minimum Gasteiger partial charge on any atom is -0.457 e. The van der Waals surface area contributed by atoms with Gasteiger partial charge in [-0.2, -0.15) is 0 Å². The molecule has 0 unspecified atom stereocenters. The lowest BCUT2D eigenvalue weighted by Gasteiger charge is -2.41. The third-order valence-electron chi connectivity index (χ3n) is 19.9. The Morgan fingerprint density at radius 1 is 0.410 bits per heavy atom. The van der Waals surface area contributed by atoms with Crippen LogP contribution in [-0.4, -0.2) is 0 Å². The number of rotatable bonds is 5. The van der Waals surface area contributed by atoms with Gasteiger partial charge in [0.25, 0.3) is 0 Å². The van der Waals surface area contributed by atoms with Crippen molar-refractivity contribution in [2.24, 2.45) is 0 Å². The Kier molecular flexibility index (Phi) is 10.9. The van der Waals surface area contributed by atoms with Gasteiger partial charge in [-0.05, 0) is 199 Å². The van der Waals surface area contributed by atoms with Crippen LogP contribution in [0.25, 0.3) is 27.8 Å². The van der Waals surface area contributed by atoms with Gasteiger partial charge in [0.15, 0.2) is 0 Å². The average Bonchev–Trinajstić information content (AvgIpc) is 2.59. The van der Waals surface area contributed by atoms with Gasteiger partial charge < -0.3 is 9.64 Å². The summed E-state index contributed by atoms with van der Waals surface area (Å²) >= 11 is 0. The Hall–Kier alpha value is -7.16. The lowest BCUT2D eigenvalue weighted by atomic mass is 9.64. The molecule has 0 N–H and O–H groups in total. The van der Waals surface area contributed by atoms with Crippen LogP contribution in [0.4, 0.5) is 17.1 Å². The molecule has 388 valence electrons. The van der Waals surface area contributed by atoms with Crippen LogP contribution >= 0.6 is 0 Å². The summed E-state index contributed by atoms with van der Waals surface area (Å²) in [5, 5.41) is 0. The average molecular weight is 1020 g/mol. The Balaban J connectivity index is 0.983. The van der Waals surface area contributed by atoms with Gasteiger partial charge in [0.05, 0.1) is 10.8 Å². The maximum atomic E-state index is 7.21. The lowest BCUT2D eigenvalue weighted by molar-refractivity contribution is 0.424. The lowest BCUT2D eigenvalue weighted by Crippen LogP contribution is -2.33. The van der Waals surface area contributed by atoms with Gasteiger partial charge in [-0.25, -0.2) is 0 Å². The van der Waals surface area contributed by atoms with E-state index < -0.39 is 10.8 Å². The topological polar surface area (TPSA) is 12.5 Å². The molecule has 0 aromatic heterocycles. The van der Waals surface area contributed by atoms with E-state index in [1.165, 1.54) is 170 Å². The molecule has 0 amide bonds. The van der Waals surface area contributed by atoms with Crippen LogP contribution in [0, 0.1) is 0 Å². The molecule has 1 heterocycles. The molecule has 1 aliphatic heterocycles. The minimum absolute atomic E-state index is 0.0144. The fourth-order valence-corrected chi connectivity index (χ4v) is 16.0. The van der Waals surface area contributed by atoms with Crippen molar-refractivity contribution in [2.75, 3.05) is 4.90 Å². The smallest absolute Gasteiger partial charge is 0.132 e. The van der Waals surface area contributed by atoms with Crippen LogP contribution in [0.1, 0.15) is 197 Å². The SMILES string of the molecule is CC(C)(C)c1ccc2c(c1)C1(C3=C(CCC=C3)c3ccc(N(c4ccccc4)c4ccc5c(c4)C4(c6cc(C7CCCCC7)ccc6Oc6ccc(C7CCCCC7)cc64)c4ccccc4-5)cc31)c1cc(C(C)(C)C)ccc1-2. The minimum atomic E-state index is -0.591. The summed E-state index contributed by atoms with van der Waals surface area (Å²) in [6.45, 7) is 14.2. The monoisotopic (exact) mass is 1020 g/mol. The molecule has 7 aliphatic rings. The van der Waals surface area contributed by atoms with Crippen molar-refractivity contribution in [1.29, 1.82) is 0 Å². The van der Waals surface area contributed by atoms with Crippen molar-refractivity contribution in [3.05, 3.63) is 248 Å². The number of para-hydroxylation sites is 1. The van der Waals surface area contributed by atoms with Crippen molar-refractivity contribution in [2.45, 2.75) is 152 Å². The summed E-state index contributed by atoms with van der Waals surface area (Å²) in [4.78, 5) is 2.57.